The summed E-state index contributed by atoms with van der Waals surface area (Å²) in [6.45, 7) is 13.0. The van der Waals surface area contributed by atoms with Crippen molar-refractivity contribution in [1.82, 2.24) is 0 Å². The molecule has 5 aliphatic carbocycles. The molecule has 3 unspecified atom stereocenters. The molecule has 5 heteroatoms. The van der Waals surface area contributed by atoms with E-state index in [9.17, 15) is 25.2 Å². The third-order valence-electron chi connectivity index (χ3n) is 12.4. The van der Waals surface area contributed by atoms with Crippen LogP contribution in [0.4, 0.5) is 0 Å². The maximum Gasteiger partial charge on any atom is 0.310 e. The fourth-order valence-electron chi connectivity index (χ4n) is 9.88. The summed E-state index contributed by atoms with van der Waals surface area (Å²) in [5, 5.41) is 42.7. The first-order valence-corrected chi connectivity index (χ1v) is 13.5. The van der Waals surface area contributed by atoms with Gasteiger partial charge in [-0.1, -0.05) is 69.6 Å². The third kappa shape index (κ3) is 2.84. The molecule has 5 rings (SSSR count). The Morgan fingerprint density at radius 1 is 1.06 bits per heavy atom. The average Bonchev–Trinajstić information content (AvgIpc) is 2.80. The van der Waals surface area contributed by atoms with E-state index in [0.717, 1.165) is 24.8 Å². The van der Waals surface area contributed by atoms with Crippen molar-refractivity contribution in [1.29, 1.82) is 0 Å². The molecule has 35 heavy (non-hydrogen) atoms. The minimum Gasteiger partial charge on any atom is -0.481 e. The molecule has 0 amide bonds. The van der Waals surface area contributed by atoms with Gasteiger partial charge in [0.15, 0.2) is 0 Å². The molecule has 5 aliphatic rings. The van der Waals surface area contributed by atoms with E-state index in [0.29, 0.717) is 19.3 Å². The van der Waals surface area contributed by atoms with E-state index in [2.05, 4.69) is 52.8 Å². The van der Waals surface area contributed by atoms with Gasteiger partial charge in [-0.05, 0) is 73.5 Å². The lowest BCUT2D eigenvalue weighted by molar-refractivity contribution is -0.167. The summed E-state index contributed by atoms with van der Waals surface area (Å²) >= 11 is 0. The molecule has 0 heterocycles. The molecule has 10 atom stereocenters. The Kier molecular flexibility index (Phi) is 5.44. The molecule has 0 aromatic heterocycles. The lowest BCUT2D eigenvalue weighted by Crippen LogP contribution is -2.64. The van der Waals surface area contributed by atoms with Gasteiger partial charge in [-0.15, -0.1) is 0 Å². The number of hydrogen-bond acceptors (Lipinski definition) is 4. The molecular weight excluding hydrogens is 440 g/mol. The Hall–Kier alpha value is -1.43. The van der Waals surface area contributed by atoms with Crippen molar-refractivity contribution >= 4 is 5.97 Å². The van der Waals surface area contributed by atoms with E-state index in [1.807, 2.05) is 6.92 Å². The fraction of sp³-hybridized carbons (Fsp3) is 0.767. The van der Waals surface area contributed by atoms with Crippen molar-refractivity contribution in [2.45, 2.75) is 92.3 Å². The highest BCUT2D eigenvalue weighted by Gasteiger charge is 2.68. The zero-order chi connectivity index (χ0) is 25.8. The molecule has 5 nitrogen and oxygen atoms in total. The summed E-state index contributed by atoms with van der Waals surface area (Å²) in [4.78, 5) is 12.8. The SMILES string of the molecule is CC1=CC[C@]2(C(=O)O)CC[C@]3(C)C(=CC[C@@H]4[C@@]5(C)CC(O)C(O)C(C)(CO)C5=CC[C@]43C)[C@@H]2[C@H]1C. The highest BCUT2D eigenvalue weighted by molar-refractivity contribution is 5.77. The number of rotatable bonds is 2. The first-order valence-electron chi connectivity index (χ1n) is 13.5. The number of carbonyl (C=O) groups is 1. The molecule has 0 aliphatic heterocycles. The van der Waals surface area contributed by atoms with Gasteiger partial charge in [-0.25, -0.2) is 0 Å². The number of carboxylic acids is 1. The second kappa shape index (κ2) is 7.55. The van der Waals surface area contributed by atoms with Gasteiger partial charge in [0, 0.05) is 11.3 Å². The minimum absolute atomic E-state index is 0.00110. The van der Waals surface area contributed by atoms with Crippen LogP contribution >= 0.6 is 0 Å². The molecule has 2 fully saturated rings. The summed E-state index contributed by atoms with van der Waals surface area (Å²) in [5.74, 6) is -0.222. The van der Waals surface area contributed by atoms with Crippen molar-refractivity contribution in [3.05, 3.63) is 34.9 Å². The molecule has 4 N–H and O–H groups in total. The summed E-state index contributed by atoms with van der Waals surface area (Å²) in [5.41, 5.74) is 1.55. The van der Waals surface area contributed by atoms with Crippen molar-refractivity contribution in [2.24, 2.45) is 44.8 Å². The van der Waals surface area contributed by atoms with Gasteiger partial charge in [0.05, 0.1) is 24.2 Å². The first-order chi connectivity index (χ1) is 16.2. The number of hydrogen-bond donors (Lipinski definition) is 4. The Bertz CT molecular complexity index is 1040. The van der Waals surface area contributed by atoms with Crippen LogP contribution in [0, 0.1) is 44.8 Å². The van der Waals surface area contributed by atoms with Gasteiger partial charge in [0.2, 0.25) is 0 Å². The second-order valence-electron chi connectivity index (χ2n) is 13.6. The maximum atomic E-state index is 12.8. The maximum absolute atomic E-state index is 12.8. The number of carboxylic acid groups (broad SMARTS) is 1. The number of allylic oxidation sites excluding steroid dienone is 5. The fourth-order valence-corrected chi connectivity index (χ4v) is 9.88. The first kappa shape index (κ1) is 25.2. The van der Waals surface area contributed by atoms with Crippen LogP contribution in [0.1, 0.15) is 80.1 Å². The number of fused-ring (bicyclic) bond motifs is 7. The summed E-state index contributed by atoms with van der Waals surface area (Å²) < 4.78 is 0. The number of aliphatic hydroxyl groups excluding tert-OH is 3. The Balaban J connectivity index is 1.65. The Labute approximate surface area is 210 Å². The van der Waals surface area contributed by atoms with Crippen molar-refractivity contribution in [3.8, 4) is 0 Å². The monoisotopic (exact) mass is 484 g/mol. The number of aliphatic hydroxyl groups is 3. The van der Waals surface area contributed by atoms with Gasteiger partial charge in [-0.3, -0.25) is 4.79 Å². The topological polar surface area (TPSA) is 98.0 Å². The molecule has 0 aromatic rings. The van der Waals surface area contributed by atoms with Crippen molar-refractivity contribution in [2.75, 3.05) is 6.61 Å². The van der Waals surface area contributed by atoms with Crippen LogP contribution in [0.15, 0.2) is 34.9 Å². The second-order valence-corrected chi connectivity index (χ2v) is 13.6. The van der Waals surface area contributed by atoms with Crippen LogP contribution in [-0.2, 0) is 4.79 Å². The van der Waals surface area contributed by atoms with Gasteiger partial charge < -0.3 is 20.4 Å². The summed E-state index contributed by atoms with van der Waals surface area (Å²) in [6.07, 6.45) is 9.23. The predicted octanol–water partition coefficient (Wildman–Crippen LogP) is 4.87. The molecule has 0 spiro atoms. The van der Waals surface area contributed by atoms with E-state index >= 15 is 0 Å². The standard InChI is InChI=1S/C30H44O5/c1-17-9-12-30(25(34)35)14-13-28(5)19(23(30)18(17)2)7-8-22-26(3)15-20(32)24(33)27(4,16-31)21(26)10-11-29(22,28)6/h7,9-10,18,20,22-24,31-33H,8,11-16H2,1-6H3,(H,34,35)/t18-,20?,22+,23-,24?,26-,27?,28+,29+,30-/m0/s1. The van der Waals surface area contributed by atoms with Crippen LogP contribution < -0.4 is 0 Å². The zero-order valence-corrected chi connectivity index (χ0v) is 22.3. The molecule has 0 bridgehead atoms. The molecular formula is C30H44O5. The van der Waals surface area contributed by atoms with Gasteiger partial charge >= 0.3 is 5.97 Å². The molecule has 2 saturated carbocycles. The lowest BCUT2D eigenvalue weighted by atomic mass is 9.35. The third-order valence-corrected chi connectivity index (χ3v) is 12.4. The van der Waals surface area contributed by atoms with Gasteiger partial charge in [0.1, 0.15) is 0 Å². The zero-order valence-electron chi connectivity index (χ0n) is 22.3. The average molecular weight is 485 g/mol. The highest BCUT2D eigenvalue weighted by atomic mass is 16.4. The van der Waals surface area contributed by atoms with Crippen LogP contribution in [0.2, 0.25) is 0 Å². The van der Waals surface area contributed by atoms with Crippen LogP contribution in [0.25, 0.3) is 0 Å². The molecule has 194 valence electrons. The Morgan fingerprint density at radius 3 is 2.37 bits per heavy atom. The van der Waals surface area contributed by atoms with E-state index in [-0.39, 0.29) is 40.6 Å². The number of aliphatic carboxylic acids is 1. The van der Waals surface area contributed by atoms with Crippen LogP contribution in [-0.4, -0.2) is 45.2 Å². The molecule has 0 aromatic carbocycles. The predicted molar refractivity (Wildman–Crippen MR) is 135 cm³/mol. The summed E-state index contributed by atoms with van der Waals surface area (Å²) in [6, 6.07) is 0. The largest absolute Gasteiger partial charge is 0.481 e. The van der Waals surface area contributed by atoms with E-state index < -0.39 is 29.0 Å². The van der Waals surface area contributed by atoms with Gasteiger partial charge in [0.25, 0.3) is 0 Å². The van der Waals surface area contributed by atoms with Gasteiger partial charge in [-0.2, -0.15) is 0 Å². The molecule has 0 saturated heterocycles. The highest BCUT2D eigenvalue weighted by Crippen LogP contribution is 2.74. The van der Waals surface area contributed by atoms with E-state index in [1.54, 1.807) is 0 Å². The lowest BCUT2D eigenvalue weighted by Gasteiger charge is -2.69. The smallest absolute Gasteiger partial charge is 0.310 e. The van der Waals surface area contributed by atoms with E-state index in [4.69, 9.17) is 0 Å². The normalized spacial score (nSPS) is 53.2. The minimum atomic E-state index is -0.981. The van der Waals surface area contributed by atoms with Crippen LogP contribution in [0.3, 0.4) is 0 Å². The quantitative estimate of drug-likeness (QED) is 0.419. The van der Waals surface area contributed by atoms with Crippen LogP contribution in [0.5, 0.6) is 0 Å². The molecule has 0 radical (unpaired) electrons. The van der Waals surface area contributed by atoms with Crippen molar-refractivity contribution in [3.63, 3.8) is 0 Å². The van der Waals surface area contributed by atoms with Crippen molar-refractivity contribution < 1.29 is 25.2 Å². The van der Waals surface area contributed by atoms with E-state index in [1.165, 1.54) is 11.1 Å². The summed E-state index contributed by atoms with van der Waals surface area (Å²) in [7, 11) is 0. The Morgan fingerprint density at radius 2 is 1.74 bits per heavy atom.